The van der Waals surface area contributed by atoms with Crippen molar-refractivity contribution in [1.82, 2.24) is 10.2 Å². The maximum absolute atomic E-state index is 5.48. The van der Waals surface area contributed by atoms with Crippen LogP contribution in [0.3, 0.4) is 0 Å². The van der Waals surface area contributed by atoms with Crippen LogP contribution in [0.2, 0.25) is 0 Å². The minimum absolute atomic E-state index is 0.654. The molecule has 0 saturated carbocycles. The lowest BCUT2D eigenvalue weighted by Gasteiger charge is -2.40. The molecule has 1 unspecified atom stereocenters. The van der Waals surface area contributed by atoms with E-state index in [0.29, 0.717) is 12.1 Å². The molecule has 3 nitrogen and oxygen atoms in total. The van der Waals surface area contributed by atoms with Gasteiger partial charge in [0.2, 0.25) is 0 Å². The van der Waals surface area contributed by atoms with Crippen molar-refractivity contribution in [2.75, 3.05) is 26.3 Å². The summed E-state index contributed by atoms with van der Waals surface area (Å²) in [6.07, 6.45) is 6.54. The number of rotatable bonds is 4. The monoisotopic (exact) mass is 240 g/mol. The third-order valence-electron chi connectivity index (χ3n) is 4.17. The largest absolute Gasteiger partial charge is 0.381 e. The quantitative estimate of drug-likeness (QED) is 0.813. The van der Waals surface area contributed by atoms with E-state index in [2.05, 4.69) is 24.1 Å². The average molecular weight is 240 g/mol. The Morgan fingerprint density at radius 1 is 1.18 bits per heavy atom. The van der Waals surface area contributed by atoms with Gasteiger partial charge < -0.3 is 10.1 Å². The molecule has 3 heteroatoms. The Morgan fingerprint density at radius 2 is 1.94 bits per heavy atom. The number of ether oxygens (including phenoxy) is 1. The van der Waals surface area contributed by atoms with Gasteiger partial charge in [0.15, 0.2) is 0 Å². The van der Waals surface area contributed by atoms with Gasteiger partial charge in [-0.1, -0.05) is 6.42 Å². The van der Waals surface area contributed by atoms with Crippen LogP contribution in [-0.2, 0) is 4.74 Å². The van der Waals surface area contributed by atoms with Crippen molar-refractivity contribution >= 4 is 0 Å². The van der Waals surface area contributed by atoms with E-state index in [0.717, 1.165) is 19.3 Å². The fraction of sp³-hybridized carbons (Fsp3) is 1.00. The van der Waals surface area contributed by atoms with Crippen LogP contribution in [0.1, 0.15) is 46.0 Å². The van der Waals surface area contributed by atoms with E-state index in [1.54, 1.807) is 0 Å². The second kappa shape index (κ2) is 6.72. The predicted molar refractivity (Wildman–Crippen MR) is 71.3 cm³/mol. The molecule has 2 heterocycles. The molecule has 0 aromatic carbocycles. The highest BCUT2D eigenvalue weighted by atomic mass is 16.5. The summed E-state index contributed by atoms with van der Waals surface area (Å²) in [6.45, 7) is 9.00. The van der Waals surface area contributed by atoms with Crippen molar-refractivity contribution in [2.45, 2.75) is 64.1 Å². The lowest BCUT2D eigenvalue weighted by Crippen LogP contribution is -2.51. The zero-order valence-corrected chi connectivity index (χ0v) is 11.5. The van der Waals surface area contributed by atoms with Crippen molar-refractivity contribution in [2.24, 2.45) is 0 Å². The normalized spacial score (nSPS) is 27.9. The van der Waals surface area contributed by atoms with Crippen LogP contribution in [0.15, 0.2) is 0 Å². The van der Waals surface area contributed by atoms with Crippen LogP contribution in [0.5, 0.6) is 0 Å². The van der Waals surface area contributed by atoms with Gasteiger partial charge in [0, 0.05) is 37.9 Å². The van der Waals surface area contributed by atoms with Crippen LogP contribution in [0.25, 0.3) is 0 Å². The second-order valence-corrected chi connectivity index (χ2v) is 5.78. The van der Waals surface area contributed by atoms with Crippen LogP contribution >= 0.6 is 0 Å². The fourth-order valence-electron chi connectivity index (χ4n) is 3.13. The lowest BCUT2D eigenvalue weighted by atomic mass is 10.0. The molecular formula is C14H28N2O. The summed E-state index contributed by atoms with van der Waals surface area (Å²) in [5.41, 5.74) is 0. The molecule has 0 spiro atoms. The van der Waals surface area contributed by atoms with Crippen LogP contribution < -0.4 is 5.32 Å². The molecule has 2 aliphatic rings. The number of nitrogens with one attached hydrogen (secondary N) is 1. The minimum atomic E-state index is 0.654. The van der Waals surface area contributed by atoms with Gasteiger partial charge in [0.25, 0.3) is 0 Å². The Morgan fingerprint density at radius 3 is 2.53 bits per heavy atom. The summed E-state index contributed by atoms with van der Waals surface area (Å²) in [6, 6.07) is 2.11. The highest BCUT2D eigenvalue weighted by molar-refractivity contribution is 4.83. The molecule has 0 aromatic heterocycles. The van der Waals surface area contributed by atoms with Crippen molar-refractivity contribution in [3.63, 3.8) is 0 Å². The Labute approximate surface area is 106 Å². The summed E-state index contributed by atoms with van der Waals surface area (Å²) >= 11 is 0. The Hall–Kier alpha value is -0.120. The van der Waals surface area contributed by atoms with E-state index < -0.39 is 0 Å². The molecule has 0 amide bonds. The van der Waals surface area contributed by atoms with E-state index in [1.807, 2.05) is 0 Å². The number of hydrogen-bond acceptors (Lipinski definition) is 3. The maximum Gasteiger partial charge on any atom is 0.0480 e. The molecular weight excluding hydrogens is 212 g/mol. The summed E-state index contributed by atoms with van der Waals surface area (Å²) < 4.78 is 5.48. The third kappa shape index (κ3) is 3.94. The zero-order valence-electron chi connectivity index (χ0n) is 11.5. The van der Waals surface area contributed by atoms with E-state index in [9.17, 15) is 0 Å². The maximum atomic E-state index is 5.48. The summed E-state index contributed by atoms with van der Waals surface area (Å²) in [7, 11) is 0. The van der Waals surface area contributed by atoms with E-state index in [1.165, 1.54) is 45.2 Å². The van der Waals surface area contributed by atoms with Gasteiger partial charge in [0.05, 0.1) is 0 Å². The van der Waals surface area contributed by atoms with Gasteiger partial charge in [-0.3, -0.25) is 4.90 Å². The van der Waals surface area contributed by atoms with E-state index in [-0.39, 0.29) is 0 Å². The lowest BCUT2D eigenvalue weighted by molar-refractivity contribution is 0.0172. The smallest absolute Gasteiger partial charge is 0.0480 e. The highest BCUT2D eigenvalue weighted by Gasteiger charge is 2.26. The van der Waals surface area contributed by atoms with Crippen molar-refractivity contribution in [3.8, 4) is 0 Å². The summed E-state index contributed by atoms with van der Waals surface area (Å²) in [5, 5.41) is 3.67. The molecule has 17 heavy (non-hydrogen) atoms. The van der Waals surface area contributed by atoms with Gasteiger partial charge in [0.1, 0.15) is 0 Å². The predicted octanol–water partition coefficient (Wildman–Crippen LogP) is 2.02. The van der Waals surface area contributed by atoms with Gasteiger partial charge in [-0.05, 0) is 46.1 Å². The van der Waals surface area contributed by atoms with E-state index >= 15 is 0 Å². The first-order valence-electron chi connectivity index (χ1n) is 7.34. The molecule has 1 atom stereocenters. The zero-order chi connectivity index (χ0) is 12.1. The van der Waals surface area contributed by atoms with Crippen molar-refractivity contribution in [1.29, 1.82) is 0 Å². The minimum Gasteiger partial charge on any atom is -0.381 e. The number of nitrogens with zero attached hydrogens (tertiary/aromatic N) is 1. The Bertz CT molecular complexity index is 208. The summed E-state index contributed by atoms with van der Waals surface area (Å²) in [5.74, 6) is 0. The fourth-order valence-corrected chi connectivity index (χ4v) is 3.13. The topological polar surface area (TPSA) is 24.5 Å². The molecule has 0 aliphatic carbocycles. The first kappa shape index (κ1) is 13.3. The molecule has 2 fully saturated rings. The summed E-state index contributed by atoms with van der Waals surface area (Å²) in [4.78, 5) is 2.70. The SMILES string of the molecule is CC(C)N(CC1CCCCN1)C1CCOCC1. The van der Waals surface area contributed by atoms with Gasteiger partial charge in [-0.2, -0.15) is 0 Å². The molecule has 2 aliphatic heterocycles. The van der Waals surface area contributed by atoms with Gasteiger partial charge in [-0.15, -0.1) is 0 Å². The average Bonchev–Trinajstić information content (AvgIpc) is 2.38. The van der Waals surface area contributed by atoms with Gasteiger partial charge >= 0.3 is 0 Å². The van der Waals surface area contributed by atoms with E-state index in [4.69, 9.17) is 4.74 Å². The molecule has 0 radical (unpaired) electrons. The molecule has 0 bridgehead atoms. The molecule has 100 valence electrons. The molecule has 2 saturated heterocycles. The number of piperidine rings is 1. The number of hydrogen-bond donors (Lipinski definition) is 1. The molecule has 1 N–H and O–H groups in total. The van der Waals surface area contributed by atoms with Crippen LogP contribution in [0, 0.1) is 0 Å². The highest BCUT2D eigenvalue weighted by Crippen LogP contribution is 2.19. The molecule has 2 rings (SSSR count). The third-order valence-corrected chi connectivity index (χ3v) is 4.17. The standard InChI is InChI=1S/C14H28N2O/c1-12(2)16(14-6-9-17-10-7-14)11-13-5-3-4-8-15-13/h12-15H,3-11H2,1-2H3. The first-order valence-corrected chi connectivity index (χ1v) is 7.34. The van der Waals surface area contributed by atoms with Crippen molar-refractivity contribution in [3.05, 3.63) is 0 Å². The second-order valence-electron chi connectivity index (χ2n) is 5.78. The van der Waals surface area contributed by atoms with Crippen molar-refractivity contribution < 1.29 is 4.74 Å². The van der Waals surface area contributed by atoms with Gasteiger partial charge in [-0.25, -0.2) is 0 Å². The first-order chi connectivity index (χ1) is 8.27. The Kier molecular flexibility index (Phi) is 5.26. The molecule has 0 aromatic rings. The van der Waals surface area contributed by atoms with Crippen LogP contribution in [-0.4, -0.2) is 49.3 Å². The Balaban J connectivity index is 1.86. The van der Waals surface area contributed by atoms with Crippen LogP contribution in [0.4, 0.5) is 0 Å².